The van der Waals surface area contributed by atoms with Crippen molar-refractivity contribution >= 4 is 5.82 Å². The molecule has 1 saturated heterocycles. The van der Waals surface area contributed by atoms with E-state index in [-0.39, 0.29) is 0 Å². The van der Waals surface area contributed by atoms with E-state index in [2.05, 4.69) is 36.2 Å². The lowest BCUT2D eigenvalue weighted by atomic mass is 10.2. The van der Waals surface area contributed by atoms with Gasteiger partial charge in [-0.25, -0.2) is 4.98 Å². The number of aryl methyl sites for hydroxylation is 1. The van der Waals surface area contributed by atoms with Crippen molar-refractivity contribution in [1.29, 1.82) is 0 Å². The third-order valence-electron chi connectivity index (χ3n) is 3.47. The van der Waals surface area contributed by atoms with Crippen LogP contribution in [0.25, 0.3) is 0 Å². The number of nitrogens with zero attached hydrogens (tertiary/aromatic N) is 2. The summed E-state index contributed by atoms with van der Waals surface area (Å²) in [6, 6.07) is 4.34. The molecular weight excluding hydrogens is 238 g/mol. The number of hydrogen-bond donors (Lipinski definition) is 1. The number of anilines is 1. The summed E-state index contributed by atoms with van der Waals surface area (Å²) in [5, 5.41) is 3.43. The largest absolute Gasteiger partial charge is 0.380 e. The summed E-state index contributed by atoms with van der Waals surface area (Å²) in [5.74, 6) is 1.09. The standard InChI is InChI=1S/C15H25N3O/c1-3-7-16-12-14-5-6-15(17-13(14)2)18-8-4-10-19-11-9-18/h5-6,16H,3-4,7-12H2,1-2H3. The maximum absolute atomic E-state index is 5.49. The molecule has 0 unspecified atom stereocenters. The van der Waals surface area contributed by atoms with Gasteiger partial charge in [-0.2, -0.15) is 0 Å². The van der Waals surface area contributed by atoms with Crippen LogP contribution in [0.1, 0.15) is 31.0 Å². The van der Waals surface area contributed by atoms with Gasteiger partial charge >= 0.3 is 0 Å². The van der Waals surface area contributed by atoms with Gasteiger partial charge in [0.15, 0.2) is 0 Å². The molecule has 0 bridgehead atoms. The average molecular weight is 263 g/mol. The smallest absolute Gasteiger partial charge is 0.128 e. The highest BCUT2D eigenvalue weighted by molar-refractivity contribution is 5.41. The molecule has 0 saturated carbocycles. The van der Waals surface area contributed by atoms with Crippen LogP contribution in [0.2, 0.25) is 0 Å². The maximum atomic E-state index is 5.49. The fourth-order valence-corrected chi connectivity index (χ4v) is 2.31. The molecule has 106 valence electrons. The van der Waals surface area contributed by atoms with Gasteiger partial charge in [-0.3, -0.25) is 0 Å². The average Bonchev–Trinajstić information content (AvgIpc) is 2.70. The topological polar surface area (TPSA) is 37.4 Å². The van der Waals surface area contributed by atoms with Crippen molar-refractivity contribution in [2.45, 2.75) is 33.2 Å². The Labute approximate surface area is 116 Å². The van der Waals surface area contributed by atoms with Crippen LogP contribution in [-0.4, -0.2) is 37.8 Å². The summed E-state index contributed by atoms with van der Waals surface area (Å²) in [6.45, 7) is 9.92. The predicted octanol–water partition coefficient (Wildman–Crippen LogP) is 2.12. The SMILES string of the molecule is CCCNCc1ccc(N2CCCOCC2)nc1C. The minimum atomic E-state index is 0.806. The number of aromatic nitrogens is 1. The van der Waals surface area contributed by atoms with E-state index in [1.165, 1.54) is 12.0 Å². The van der Waals surface area contributed by atoms with Crippen LogP contribution in [0.5, 0.6) is 0 Å². The first-order chi connectivity index (χ1) is 9.31. The van der Waals surface area contributed by atoms with Crippen molar-refractivity contribution in [3.8, 4) is 0 Å². The molecule has 1 aromatic rings. The minimum Gasteiger partial charge on any atom is -0.380 e. The van der Waals surface area contributed by atoms with E-state index in [9.17, 15) is 0 Å². The van der Waals surface area contributed by atoms with E-state index in [4.69, 9.17) is 9.72 Å². The van der Waals surface area contributed by atoms with Crippen LogP contribution in [0.3, 0.4) is 0 Å². The van der Waals surface area contributed by atoms with Gasteiger partial charge < -0.3 is 15.0 Å². The summed E-state index contributed by atoms with van der Waals surface area (Å²) >= 11 is 0. The van der Waals surface area contributed by atoms with E-state index < -0.39 is 0 Å². The summed E-state index contributed by atoms with van der Waals surface area (Å²) in [6.07, 6.45) is 2.25. The highest BCUT2D eigenvalue weighted by atomic mass is 16.5. The lowest BCUT2D eigenvalue weighted by Crippen LogP contribution is -2.27. The van der Waals surface area contributed by atoms with E-state index in [0.717, 1.165) is 57.3 Å². The molecular formula is C15H25N3O. The van der Waals surface area contributed by atoms with Crippen LogP contribution < -0.4 is 10.2 Å². The molecule has 0 aromatic carbocycles. The number of ether oxygens (including phenoxy) is 1. The van der Waals surface area contributed by atoms with E-state index in [1.54, 1.807) is 0 Å². The Morgan fingerprint density at radius 2 is 2.21 bits per heavy atom. The maximum Gasteiger partial charge on any atom is 0.128 e. The third-order valence-corrected chi connectivity index (χ3v) is 3.47. The van der Waals surface area contributed by atoms with Gasteiger partial charge in [0.25, 0.3) is 0 Å². The van der Waals surface area contributed by atoms with Crippen molar-refractivity contribution in [2.24, 2.45) is 0 Å². The van der Waals surface area contributed by atoms with E-state index in [1.807, 2.05) is 0 Å². The fourth-order valence-electron chi connectivity index (χ4n) is 2.31. The molecule has 1 N–H and O–H groups in total. The zero-order chi connectivity index (χ0) is 13.5. The number of nitrogens with one attached hydrogen (secondary N) is 1. The highest BCUT2D eigenvalue weighted by Crippen LogP contribution is 2.16. The zero-order valence-electron chi connectivity index (χ0n) is 12.1. The molecule has 1 aliphatic rings. The van der Waals surface area contributed by atoms with Crippen LogP contribution in [-0.2, 0) is 11.3 Å². The molecule has 0 spiro atoms. The van der Waals surface area contributed by atoms with Crippen LogP contribution in [0.4, 0.5) is 5.82 Å². The van der Waals surface area contributed by atoms with Crippen molar-refractivity contribution in [1.82, 2.24) is 10.3 Å². The number of pyridine rings is 1. The van der Waals surface area contributed by atoms with Crippen molar-refractivity contribution < 1.29 is 4.74 Å². The molecule has 19 heavy (non-hydrogen) atoms. The Kier molecular flexibility index (Phi) is 5.61. The van der Waals surface area contributed by atoms with E-state index >= 15 is 0 Å². The molecule has 1 fully saturated rings. The normalized spacial score (nSPS) is 16.4. The summed E-state index contributed by atoms with van der Waals surface area (Å²) in [5.41, 5.74) is 2.43. The monoisotopic (exact) mass is 263 g/mol. The Morgan fingerprint density at radius 3 is 3.00 bits per heavy atom. The number of hydrogen-bond acceptors (Lipinski definition) is 4. The van der Waals surface area contributed by atoms with Crippen LogP contribution in [0.15, 0.2) is 12.1 Å². The summed E-state index contributed by atoms with van der Waals surface area (Å²) in [7, 11) is 0. The van der Waals surface area contributed by atoms with Crippen molar-refractivity contribution in [3.05, 3.63) is 23.4 Å². The van der Waals surface area contributed by atoms with Gasteiger partial charge in [0.05, 0.1) is 6.61 Å². The molecule has 4 heteroatoms. The fraction of sp³-hybridized carbons (Fsp3) is 0.667. The summed E-state index contributed by atoms with van der Waals surface area (Å²) in [4.78, 5) is 7.07. The molecule has 0 amide bonds. The lowest BCUT2D eigenvalue weighted by Gasteiger charge is -2.21. The molecule has 0 radical (unpaired) electrons. The van der Waals surface area contributed by atoms with Crippen LogP contribution in [0, 0.1) is 6.92 Å². The molecule has 1 aromatic heterocycles. The minimum absolute atomic E-state index is 0.806. The van der Waals surface area contributed by atoms with Gasteiger partial charge in [-0.1, -0.05) is 13.0 Å². The van der Waals surface area contributed by atoms with Gasteiger partial charge in [0.2, 0.25) is 0 Å². The Bertz CT molecular complexity index is 387. The second kappa shape index (κ2) is 7.46. The molecule has 1 aliphatic heterocycles. The third kappa shape index (κ3) is 4.18. The molecule has 4 nitrogen and oxygen atoms in total. The van der Waals surface area contributed by atoms with Gasteiger partial charge in [-0.05, 0) is 37.9 Å². The second-order valence-corrected chi connectivity index (χ2v) is 5.04. The Hall–Kier alpha value is -1.13. The molecule has 0 aliphatic carbocycles. The zero-order valence-corrected chi connectivity index (χ0v) is 12.1. The first-order valence-electron chi connectivity index (χ1n) is 7.31. The van der Waals surface area contributed by atoms with Gasteiger partial charge in [0, 0.05) is 31.9 Å². The van der Waals surface area contributed by atoms with Gasteiger partial charge in [0.1, 0.15) is 5.82 Å². The molecule has 2 heterocycles. The summed E-state index contributed by atoms with van der Waals surface area (Å²) < 4.78 is 5.49. The predicted molar refractivity (Wildman–Crippen MR) is 78.6 cm³/mol. The lowest BCUT2D eigenvalue weighted by molar-refractivity contribution is 0.152. The molecule has 0 atom stereocenters. The number of rotatable bonds is 5. The van der Waals surface area contributed by atoms with E-state index in [0.29, 0.717) is 0 Å². The first kappa shape index (κ1) is 14.3. The Balaban J connectivity index is 2.00. The van der Waals surface area contributed by atoms with Gasteiger partial charge in [-0.15, -0.1) is 0 Å². The first-order valence-corrected chi connectivity index (χ1v) is 7.31. The highest BCUT2D eigenvalue weighted by Gasteiger charge is 2.12. The quantitative estimate of drug-likeness (QED) is 0.826. The van der Waals surface area contributed by atoms with Crippen LogP contribution >= 0.6 is 0 Å². The van der Waals surface area contributed by atoms with Crippen molar-refractivity contribution in [3.63, 3.8) is 0 Å². The second-order valence-electron chi connectivity index (χ2n) is 5.04. The van der Waals surface area contributed by atoms with Crippen molar-refractivity contribution in [2.75, 3.05) is 37.7 Å². The Morgan fingerprint density at radius 1 is 1.32 bits per heavy atom. The molecule has 2 rings (SSSR count).